The van der Waals surface area contributed by atoms with E-state index in [1.807, 2.05) is 13.2 Å². The molecule has 4 heteroatoms. The zero-order valence-corrected chi connectivity index (χ0v) is 12.6. The predicted molar refractivity (Wildman–Crippen MR) is 82.9 cm³/mol. The molecular formula is C17H21N3O. The molecule has 3 rings (SSSR count). The first-order valence-electron chi connectivity index (χ1n) is 7.43. The summed E-state index contributed by atoms with van der Waals surface area (Å²) in [6.07, 6.45) is 5.38. The Balaban J connectivity index is 1.89. The number of hydrogen-bond donors (Lipinski definition) is 1. The second-order valence-corrected chi connectivity index (χ2v) is 5.46. The van der Waals surface area contributed by atoms with Gasteiger partial charge in [-0.15, -0.1) is 0 Å². The third-order valence-corrected chi connectivity index (χ3v) is 4.05. The minimum absolute atomic E-state index is 0.395. The third kappa shape index (κ3) is 2.96. The van der Waals surface area contributed by atoms with Crippen LogP contribution < -0.4 is 5.32 Å². The Kier molecular flexibility index (Phi) is 4.27. The highest BCUT2D eigenvalue weighted by atomic mass is 16.5. The standard InChI is InChI=1S/C17H21N3O/c1-18-15-4-3-5-16-14(15)10-19-17(20-16)13-8-6-12(7-9-13)11-21-2/h6-10,15,18H,3-5,11H2,1-2H3. The summed E-state index contributed by atoms with van der Waals surface area (Å²) in [4.78, 5) is 9.33. The Morgan fingerprint density at radius 3 is 2.81 bits per heavy atom. The van der Waals surface area contributed by atoms with Crippen molar-refractivity contribution < 1.29 is 4.74 Å². The maximum atomic E-state index is 5.13. The van der Waals surface area contributed by atoms with Gasteiger partial charge in [-0.05, 0) is 31.9 Å². The van der Waals surface area contributed by atoms with Crippen LogP contribution in [-0.4, -0.2) is 24.1 Å². The normalized spacial score (nSPS) is 17.5. The molecule has 0 amide bonds. The molecule has 1 aliphatic carbocycles. The SMILES string of the molecule is CNC1CCCc2nc(-c3ccc(COC)cc3)ncc21. The fourth-order valence-electron chi connectivity index (χ4n) is 2.90. The number of aryl methyl sites for hydroxylation is 1. The molecule has 0 saturated carbocycles. The molecule has 1 aromatic carbocycles. The summed E-state index contributed by atoms with van der Waals surface area (Å²) < 4.78 is 5.13. The lowest BCUT2D eigenvalue weighted by Gasteiger charge is -2.24. The molecule has 1 N–H and O–H groups in total. The molecule has 0 bridgehead atoms. The van der Waals surface area contributed by atoms with Crippen LogP contribution in [0.3, 0.4) is 0 Å². The average Bonchev–Trinajstić information content (AvgIpc) is 2.55. The lowest BCUT2D eigenvalue weighted by molar-refractivity contribution is 0.185. The van der Waals surface area contributed by atoms with E-state index in [9.17, 15) is 0 Å². The Hall–Kier alpha value is -1.78. The maximum Gasteiger partial charge on any atom is 0.159 e. The summed E-state index contributed by atoms with van der Waals surface area (Å²) in [7, 11) is 3.71. The summed E-state index contributed by atoms with van der Waals surface area (Å²) in [5.41, 5.74) is 4.66. The molecule has 4 nitrogen and oxygen atoms in total. The molecule has 0 spiro atoms. The van der Waals surface area contributed by atoms with Crippen LogP contribution >= 0.6 is 0 Å². The molecule has 1 unspecified atom stereocenters. The number of benzene rings is 1. The second kappa shape index (κ2) is 6.33. The van der Waals surface area contributed by atoms with Gasteiger partial charge in [0.25, 0.3) is 0 Å². The highest BCUT2D eigenvalue weighted by Crippen LogP contribution is 2.29. The molecule has 1 aromatic heterocycles. The number of hydrogen-bond acceptors (Lipinski definition) is 4. The highest BCUT2D eigenvalue weighted by Gasteiger charge is 2.20. The number of aromatic nitrogens is 2. The molecule has 1 aliphatic rings. The van der Waals surface area contributed by atoms with Gasteiger partial charge in [0.2, 0.25) is 0 Å². The van der Waals surface area contributed by atoms with Gasteiger partial charge in [0.1, 0.15) is 0 Å². The van der Waals surface area contributed by atoms with E-state index in [4.69, 9.17) is 9.72 Å². The fraction of sp³-hybridized carbons (Fsp3) is 0.412. The van der Waals surface area contributed by atoms with Crippen molar-refractivity contribution in [2.75, 3.05) is 14.2 Å². The van der Waals surface area contributed by atoms with Gasteiger partial charge in [-0.1, -0.05) is 24.3 Å². The average molecular weight is 283 g/mol. The zero-order chi connectivity index (χ0) is 14.7. The highest BCUT2D eigenvalue weighted by molar-refractivity contribution is 5.55. The van der Waals surface area contributed by atoms with E-state index in [-0.39, 0.29) is 0 Å². The van der Waals surface area contributed by atoms with Crippen molar-refractivity contribution in [3.63, 3.8) is 0 Å². The van der Waals surface area contributed by atoms with Crippen molar-refractivity contribution in [1.82, 2.24) is 15.3 Å². The van der Waals surface area contributed by atoms with E-state index >= 15 is 0 Å². The van der Waals surface area contributed by atoms with Gasteiger partial charge >= 0.3 is 0 Å². The van der Waals surface area contributed by atoms with Crippen LogP contribution in [-0.2, 0) is 17.8 Å². The van der Waals surface area contributed by atoms with Crippen LogP contribution in [0.1, 0.15) is 35.7 Å². The van der Waals surface area contributed by atoms with Crippen molar-refractivity contribution in [2.24, 2.45) is 0 Å². The minimum Gasteiger partial charge on any atom is -0.380 e. The molecule has 0 radical (unpaired) electrons. The Labute approximate surface area is 125 Å². The largest absolute Gasteiger partial charge is 0.380 e. The quantitative estimate of drug-likeness (QED) is 0.937. The van der Waals surface area contributed by atoms with E-state index in [2.05, 4.69) is 34.6 Å². The first-order valence-corrected chi connectivity index (χ1v) is 7.43. The molecular weight excluding hydrogens is 262 g/mol. The Bertz CT molecular complexity index is 610. The van der Waals surface area contributed by atoms with E-state index in [1.54, 1.807) is 7.11 Å². The van der Waals surface area contributed by atoms with E-state index in [1.165, 1.54) is 17.7 Å². The van der Waals surface area contributed by atoms with E-state index in [0.717, 1.165) is 29.8 Å². The first-order chi connectivity index (χ1) is 10.3. The second-order valence-electron chi connectivity index (χ2n) is 5.46. The van der Waals surface area contributed by atoms with Crippen molar-refractivity contribution in [3.8, 4) is 11.4 Å². The van der Waals surface area contributed by atoms with Crippen molar-refractivity contribution in [2.45, 2.75) is 31.9 Å². The molecule has 0 saturated heterocycles. The smallest absolute Gasteiger partial charge is 0.159 e. The zero-order valence-electron chi connectivity index (χ0n) is 12.6. The van der Waals surface area contributed by atoms with Gasteiger partial charge < -0.3 is 10.1 Å². The van der Waals surface area contributed by atoms with Crippen molar-refractivity contribution in [1.29, 1.82) is 0 Å². The van der Waals surface area contributed by atoms with Crippen molar-refractivity contribution >= 4 is 0 Å². The van der Waals surface area contributed by atoms with Gasteiger partial charge in [-0.25, -0.2) is 9.97 Å². The van der Waals surface area contributed by atoms with Crippen LogP contribution in [0.5, 0.6) is 0 Å². The van der Waals surface area contributed by atoms with Gasteiger partial charge in [-0.2, -0.15) is 0 Å². The third-order valence-electron chi connectivity index (χ3n) is 4.05. The molecule has 110 valence electrons. The van der Waals surface area contributed by atoms with E-state index < -0.39 is 0 Å². The summed E-state index contributed by atoms with van der Waals surface area (Å²) in [6.45, 7) is 0.634. The monoisotopic (exact) mass is 283 g/mol. The lowest BCUT2D eigenvalue weighted by Crippen LogP contribution is -2.22. The molecule has 21 heavy (non-hydrogen) atoms. The van der Waals surface area contributed by atoms with Crippen LogP contribution in [0.2, 0.25) is 0 Å². The number of nitrogens with one attached hydrogen (secondary N) is 1. The molecule has 0 fully saturated rings. The van der Waals surface area contributed by atoms with Gasteiger partial charge in [0, 0.05) is 36.2 Å². The topological polar surface area (TPSA) is 47.0 Å². The van der Waals surface area contributed by atoms with E-state index in [0.29, 0.717) is 12.6 Å². The molecule has 2 aromatic rings. The van der Waals surface area contributed by atoms with Crippen LogP contribution in [0, 0.1) is 0 Å². The maximum absolute atomic E-state index is 5.13. The Morgan fingerprint density at radius 1 is 1.29 bits per heavy atom. The summed E-state index contributed by atoms with van der Waals surface area (Å²) in [6, 6.07) is 8.66. The van der Waals surface area contributed by atoms with Crippen molar-refractivity contribution in [3.05, 3.63) is 47.3 Å². The molecule has 0 aliphatic heterocycles. The first kappa shape index (κ1) is 14.2. The molecule has 1 heterocycles. The lowest BCUT2D eigenvalue weighted by atomic mass is 9.92. The van der Waals surface area contributed by atoms with Crippen LogP contribution in [0.4, 0.5) is 0 Å². The van der Waals surface area contributed by atoms with Gasteiger partial charge in [0.15, 0.2) is 5.82 Å². The number of methoxy groups -OCH3 is 1. The Morgan fingerprint density at radius 2 is 2.10 bits per heavy atom. The van der Waals surface area contributed by atoms with Gasteiger partial charge in [-0.3, -0.25) is 0 Å². The van der Waals surface area contributed by atoms with Gasteiger partial charge in [0.05, 0.1) is 6.61 Å². The minimum atomic E-state index is 0.395. The fourth-order valence-corrected chi connectivity index (χ4v) is 2.90. The number of rotatable bonds is 4. The summed E-state index contributed by atoms with van der Waals surface area (Å²) in [5, 5.41) is 3.35. The predicted octanol–water partition coefficient (Wildman–Crippen LogP) is 2.89. The van der Waals surface area contributed by atoms with Crippen LogP contribution in [0.15, 0.2) is 30.5 Å². The van der Waals surface area contributed by atoms with Crippen LogP contribution in [0.25, 0.3) is 11.4 Å². The number of ether oxygens (including phenoxy) is 1. The number of fused-ring (bicyclic) bond motifs is 1. The summed E-state index contributed by atoms with van der Waals surface area (Å²) >= 11 is 0. The number of nitrogens with zero attached hydrogens (tertiary/aromatic N) is 2. The molecule has 1 atom stereocenters. The summed E-state index contributed by atoms with van der Waals surface area (Å²) in [5.74, 6) is 0.814.